The summed E-state index contributed by atoms with van der Waals surface area (Å²) in [6.45, 7) is 6.43. The Bertz CT molecular complexity index is 672. The van der Waals surface area contributed by atoms with Gasteiger partial charge in [-0.1, -0.05) is 0 Å². The minimum Gasteiger partial charge on any atom is -0.497 e. The fraction of sp³-hybridized carbons (Fsp3) is 0.696. The van der Waals surface area contributed by atoms with Gasteiger partial charge in [-0.25, -0.2) is 0 Å². The van der Waals surface area contributed by atoms with E-state index in [1.165, 1.54) is 37.9 Å². The van der Waals surface area contributed by atoms with E-state index in [1.807, 2.05) is 13.1 Å². The van der Waals surface area contributed by atoms with E-state index < -0.39 is 0 Å². The van der Waals surface area contributed by atoms with Crippen LogP contribution in [-0.4, -0.2) is 82.8 Å². The van der Waals surface area contributed by atoms with E-state index >= 15 is 0 Å². The molecule has 0 radical (unpaired) electrons. The first-order chi connectivity index (χ1) is 14.6. The lowest BCUT2D eigenvalue weighted by Gasteiger charge is -2.29. The predicted octanol–water partition coefficient (Wildman–Crippen LogP) is 2.79. The van der Waals surface area contributed by atoms with Crippen LogP contribution in [0, 0.1) is 5.92 Å². The average molecular weight is 546 g/mol. The first-order valence-corrected chi connectivity index (χ1v) is 11.2. The van der Waals surface area contributed by atoms with Crippen LogP contribution in [0.15, 0.2) is 23.2 Å². The molecule has 3 rings (SSSR count). The van der Waals surface area contributed by atoms with Gasteiger partial charge in [0.15, 0.2) is 5.96 Å². The Hall–Kier alpha value is -1.26. The number of rotatable bonds is 8. The number of nitrogens with one attached hydrogen (secondary N) is 2. The Labute approximate surface area is 205 Å². The Kier molecular flexibility index (Phi) is 11.2. The van der Waals surface area contributed by atoms with Crippen LogP contribution in [0.4, 0.5) is 0 Å². The molecule has 1 aromatic rings. The molecule has 176 valence electrons. The fourth-order valence-corrected chi connectivity index (χ4v) is 4.44. The van der Waals surface area contributed by atoms with Crippen molar-refractivity contribution < 1.29 is 9.47 Å². The van der Waals surface area contributed by atoms with Crippen LogP contribution < -0.4 is 20.1 Å². The van der Waals surface area contributed by atoms with E-state index in [9.17, 15) is 0 Å². The number of halogens is 1. The summed E-state index contributed by atoms with van der Waals surface area (Å²) in [5.74, 6) is 3.45. The maximum absolute atomic E-state index is 5.40. The zero-order chi connectivity index (χ0) is 21.3. The number of guanidine groups is 1. The van der Waals surface area contributed by atoms with Crippen molar-refractivity contribution >= 4 is 29.9 Å². The lowest BCUT2D eigenvalue weighted by atomic mass is 9.94. The van der Waals surface area contributed by atoms with E-state index in [4.69, 9.17) is 9.47 Å². The summed E-state index contributed by atoms with van der Waals surface area (Å²) in [5, 5.41) is 7.13. The molecule has 2 N–H and O–H groups in total. The molecule has 2 aliphatic rings. The molecule has 0 aliphatic carbocycles. The van der Waals surface area contributed by atoms with Crippen LogP contribution in [-0.2, 0) is 6.54 Å². The lowest BCUT2D eigenvalue weighted by Crippen LogP contribution is -2.45. The normalized spacial score (nSPS) is 20.9. The van der Waals surface area contributed by atoms with Crippen LogP contribution in [0.25, 0.3) is 0 Å². The topological polar surface area (TPSA) is 61.4 Å². The van der Waals surface area contributed by atoms with Gasteiger partial charge in [0, 0.05) is 45.3 Å². The molecule has 0 spiro atoms. The molecule has 0 amide bonds. The zero-order valence-electron chi connectivity index (χ0n) is 19.5. The van der Waals surface area contributed by atoms with E-state index in [1.54, 1.807) is 14.2 Å². The van der Waals surface area contributed by atoms with Gasteiger partial charge >= 0.3 is 0 Å². The Balaban J connectivity index is 0.00000341. The van der Waals surface area contributed by atoms with Gasteiger partial charge in [-0.2, -0.15) is 0 Å². The van der Waals surface area contributed by atoms with Crippen LogP contribution in [0.5, 0.6) is 11.5 Å². The molecular weight excluding hydrogens is 505 g/mol. The van der Waals surface area contributed by atoms with Gasteiger partial charge in [-0.05, 0) is 69.4 Å². The van der Waals surface area contributed by atoms with Gasteiger partial charge in [0.1, 0.15) is 11.5 Å². The minimum absolute atomic E-state index is 0. The first-order valence-electron chi connectivity index (χ1n) is 11.2. The summed E-state index contributed by atoms with van der Waals surface area (Å²) in [6, 6.07) is 6.52. The van der Waals surface area contributed by atoms with Crippen molar-refractivity contribution in [1.29, 1.82) is 0 Å². The highest BCUT2D eigenvalue weighted by Gasteiger charge is 2.24. The van der Waals surface area contributed by atoms with Crippen LogP contribution in [0.1, 0.15) is 31.2 Å². The molecule has 31 heavy (non-hydrogen) atoms. The molecule has 1 aromatic carbocycles. The highest BCUT2D eigenvalue weighted by atomic mass is 127. The fourth-order valence-electron chi connectivity index (χ4n) is 4.44. The molecule has 8 heteroatoms. The summed E-state index contributed by atoms with van der Waals surface area (Å²) in [7, 11) is 7.47. The van der Waals surface area contributed by atoms with Gasteiger partial charge in [0.25, 0.3) is 0 Å². The molecular formula is C23H40IN5O2. The molecule has 2 heterocycles. The summed E-state index contributed by atoms with van der Waals surface area (Å²) in [4.78, 5) is 9.33. The molecule has 1 unspecified atom stereocenters. The number of hydrogen-bond acceptors (Lipinski definition) is 5. The van der Waals surface area contributed by atoms with Crippen molar-refractivity contribution in [2.75, 3.05) is 61.0 Å². The van der Waals surface area contributed by atoms with E-state index in [0.717, 1.165) is 56.0 Å². The Morgan fingerprint density at radius 3 is 2.35 bits per heavy atom. The molecule has 1 atom stereocenters. The molecule has 0 saturated carbocycles. The van der Waals surface area contributed by atoms with Gasteiger partial charge in [0.2, 0.25) is 0 Å². The monoisotopic (exact) mass is 545 g/mol. The number of benzene rings is 1. The molecule has 2 aliphatic heterocycles. The summed E-state index contributed by atoms with van der Waals surface area (Å²) in [6.07, 6.45) is 4.98. The number of methoxy groups -OCH3 is 2. The Morgan fingerprint density at radius 1 is 1.06 bits per heavy atom. The third-order valence-electron chi connectivity index (χ3n) is 6.34. The van der Waals surface area contributed by atoms with Crippen molar-refractivity contribution in [1.82, 2.24) is 20.4 Å². The minimum atomic E-state index is 0. The van der Waals surface area contributed by atoms with Crippen molar-refractivity contribution in [3.8, 4) is 11.5 Å². The molecule has 2 fully saturated rings. The maximum atomic E-state index is 5.40. The van der Waals surface area contributed by atoms with Crippen LogP contribution >= 0.6 is 24.0 Å². The average Bonchev–Trinajstić information content (AvgIpc) is 3.20. The quantitative estimate of drug-likeness (QED) is 0.298. The number of ether oxygens (including phenoxy) is 2. The van der Waals surface area contributed by atoms with Gasteiger partial charge in [-0.3, -0.25) is 9.89 Å². The highest BCUT2D eigenvalue weighted by Crippen LogP contribution is 2.24. The van der Waals surface area contributed by atoms with Gasteiger partial charge < -0.3 is 25.0 Å². The predicted molar refractivity (Wildman–Crippen MR) is 138 cm³/mol. The van der Waals surface area contributed by atoms with Crippen molar-refractivity contribution in [3.05, 3.63) is 23.8 Å². The third kappa shape index (κ3) is 8.31. The highest BCUT2D eigenvalue weighted by molar-refractivity contribution is 14.0. The lowest BCUT2D eigenvalue weighted by molar-refractivity contribution is 0.213. The molecule has 7 nitrogen and oxygen atoms in total. The van der Waals surface area contributed by atoms with E-state index in [0.29, 0.717) is 6.04 Å². The smallest absolute Gasteiger partial charge is 0.191 e. The third-order valence-corrected chi connectivity index (χ3v) is 6.34. The maximum Gasteiger partial charge on any atom is 0.191 e. The largest absolute Gasteiger partial charge is 0.497 e. The van der Waals surface area contributed by atoms with Crippen LogP contribution in [0.2, 0.25) is 0 Å². The number of aliphatic imine (C=N–C) groups is 1. The van der Waals surface area contributed by atoms with Crippen LogP contribution in [0.3, 0.4) is 0 Å². The molecule has 0 bridgehead atoms. The van der Waals surface area contributed by atoms with Crippen molar-refractivity contribution in [3.63, 3.8) is 0 Å². The second-order valence-corrected chi connectivity index (χ2v) is 8.62. The molecule has 2 saturated heterocycles. The zero-order valence-corrected chi connectivity index (χ0v) is 21.9. The summed E-state index contributed by atoms with van der Waals surface area (Å²) >= 11 is 0. The number of nitrogens with zero attached hydrogens (tertiary/aromatic N) is 3. The van der Waals surface area contributed by atoms with E-state index in [-0.39, 0.29) is 24.0 Å². The summed E-state index contributed by atoms with van der Waals surface area (Å²) < 4.78 is 10.8. The number of likely N-dealkylation sites (tertiary alicyclic amines) is 2. The van der Waals surface area contributed by atoms with Crippen molar-refractivity contribution in [2.24, 2.45) is 10.9 Å². The summed E-state index contributed by atoms with van der Waals surface area (Å²) in [5.41, 5.74) is 1.22. The second-order valence-electron chi connectivity index (χ2n) is 8.62. The second kappa shape index (κ2) is 13.3. The van der Waals surface area contributed by atoms with E-state index in [2.05, 4.69) is 44.6 Å². The van der Waals surface area contributed by atoms with Gasteiger partial charge in [0.05, 0.1) is 14.2 Å². The van der Waals surface area contributed by atoms with Gasteiger partial charge in [-0.15, -0.1) is 24.0 Å². The molecule has 0 aromatic heterocycles. The van der Waals surface area contributed by atoms with Crippen molar-refractivity contribution in [2.45, 2.75) is 38.3 Å². The first kappa shape index (κ1) is 26.0. The Morgan fingerprint density at radius 2 is 1.74 bits per heavy atom. The SMILES string of the molecule is CN=C(NCCC1CCN(C)CC1)NC1CCN(Cc2cc(OC)cc(OC)c2)C1.I. The number of hydrogen-bond donors (Lipinski definition) is 2. The number of piperidine rings is 1. The standard InChI is InChI=1S/C23H39N5O2.HI/c1-24-23(25-9-5-18-6-10-27(2)11-7-18)26-20-8-12-28(17-20)16-19-13-21(29-3)15-22(14-19)30-4;/h13-15,18,20H,5-12,16-17H2,1-4H3,(H2,24,25,26);1H.